The summed E-state index contributed by atoms with van der Waals surface area (Å²) in [5.41, 5.74) is 7.43. The van der Waals surface area contributed by atoms with E-state index in [0.29, 0.717) is 11.8 Å². The minimum absolute atomic E-state index is 0.0785. The first-order valence-electron chi connectivity index (χ1n) is 9.92. The number of nitrogens with one attached hydrogen (secondary N) is 2. The molecule has 2 N–H and O–H groups in total. The first kappa shape index (κ1) is 20.3. The molecule has 2 atom stereocenters. The van der Waals surface area contributed by atoms with Crippen LogP contribution in [-0.4, -0.2) is 32.6 Å². The van der Waals surface area contributed by atoms with E-state index in [1.165, 1.54) is 11.8 Å². The molecule has 1 amide bonds. The van der Waals surface area contributed by atoms with E-state index in [9.17, 15) is 4.79 Å². The highest BCUT2D eigenvalue weighted by Crippen LogP contribution is 2.38. The molecule has 8 heteroatoms. The third kappa shape index (κ3) is 4.00. The number of rotatable bonds is 5. The summed E-state index contributed by atoms with van der Waals surface area (Å²) in [6.45, 7) is 8.49. The minimum Gasteiger partial charge on any atom is -0.494 e. The Morgan fingerprint density at radius 3 is 2.63 bits per heavy atom. The van der Waals surface area contributed by atoms with Gasteiger partial charge < -0.3 is 15.5 Å². The first-order chi connectivity index (χ1) is 14.5. The van der Waals surface area contributed by atoms with Crippen molar-refractivity contribution in [3.63, 3.8) is 0 Å². The third-order valence-corrected chi connectivity index (χ3v) is 6.26. The van der Waals surface area contributed by atoms with E-state index in [2.05, 4.69) is 27.0 Å². The van der Waals surface area contributed by atoms with Crippen molar-refractivity contribution in [1.82, 2.24) is 14.9 Å². The van der Waals surface area contributed by atoms with Gasteiger partial charge in [0.05, 0.1) is 12.6 Å². The van der Waals surface area contributed by atoms with Crippen molar-refractivity contribution in [2.45, 2.75) is 44.1 Å². The number of nitrogens with zero attached hydrogens (tertiary/aromatic N) is 3. The molecular formula is C22H25N5O2S. The molecule has 2 heterocycles. The Morgan fingerprint density at radius 1 is 1.17 bits per heavy atom. The molecule has 30 heavy (non-hydrogen) atoms. The Hall–Kier alpha value is -3.00. The lowest BCUT2D eigenvalue weighted by Gasteiger charge is -2.33. The average molecular weight is 424 g/mol. The van der Waals surface area contributed by atoms with Crippen LogP contribution < -0.4 is 15.5 Å². The van der Waals surface area contributed by atoms with Crippen LogP contribution in [0.4, 0.5) is 5.69 Å². The zero-order valence-electron chi connectivity index (χ0n) is 17.5. The lowest BCUT2D eigenvalue weighted by Crippen LogP contribution is -2.41. The molecule has 0 saturated heterocycles. The molecule has 2 unspecified atom stereocenters. The topological polar surface area (TPSA) is 81.1 Å². The molecule has 156 valence electrons. The van der Waals surface area contributed by atoms with Gasteiger partial charge in [0, 0.05) is 5.69 Å². The van der Waals surface area contributed by atoms with Gasteiger partial charge in [-0.15, -0.1) is 10.2 Å². The van der Waals surface area contributed by atoms with Gasteiger partial charge in [-0.25, -0.2) is 4.68 Å². The Bertz CT molecular complexity index is 1060. The highest BCUT2D eigenvalue weighted by Gasteiger charge is 2.37. The van der Waals surface area contributed by atoms with Crippen molar-refractivity contribution in [3.8, 4) is 5.75 Å². The van der Waals surface area contributed by atoms with Crippen LogP contribution in [0.25, 0.3) is 0 Å². The zero-order valence-corrected chi connectivity index (χ0v) is 18.3. The van der Waals surface area contributed by atoms with E-state index in [0.717, 1.165) is 34.0 Å². The number of thioether (sulfide) groups is 1. The molecule has 1 aliphatic rings. The number of amides is 1. The number of hydrogen-bond donors (Lipinski definition) is 2. The number of carbonyl (C=O) groups excluding carboxylic acids is 1. The smallest absolute Gasteiger partial charge is 0.240 e. The second kappa shape index (κ2) is 8.39. The summed E-state index contributed by atoms with van der Waals surface area (Å²) in [6.07, 6.45) is 0. The summed E-state index contributed by atoms with van der Waals surface area (Å²) < 4.78 is 7.40. The van der Waals surface area contributed by atoms with E-state index in [-0.39, 0.29) is 11.9 Å². The molecule has 0 spiro atoms. The Morgan fingerprint density at radius 2 is 1.93 bits per heavy atom. The molecule has 0 bridgehead atoms. The predicted molar refractivity (Wildman–Crippen MR) is 119 cm³/mol. The van der Waals surface area contributed by atoms with Crippen LogP contribution in [0.2, 0.25) is 0 Å². The van der Waals surface area contributed by atoms with Crippen LogP contribution in [0.3, 0.4) is 0 Å². The van der Waals surface area contributed by atoms with Crippen LogP contribution in [0.15, 0.2) is 47.6 Å². The largest absolute Gasteiger partial charge is 0.494 e. The second-order valence-electron chi connectivity index (χ2n) is 7.32. The summed E-state index contributed by atoms with van der Waals surface area (Å²) in [5.74, 6) is 1.48. The molecule has 3 aromatic rings. The number of ether oxygens (including phenoxy) is 1. The molecular weight excluding hydrogens is 398 g/mol. The van der Waals surface area contributed by atoms with Crippen LogP contribution in [0.5, 0.6) is 5.75 Å². The molecule has 0 saturated carbocycles. The second-order valence-corrected chi connectivity index (χ2v) is 8.43. The van der Waals surface area contributed by atoms with Gasteiger partial charge in [0.25, 0.3) is 0 Å². The van der Waals surface area contributed by atoms with E-state index in [1.807, 2.05) is 68.8 Å². The highest BCUT2D eigenvalue weighted by atomic mass is 32.2. The van der Waals surface area contributed by atoms with Crippen molar-refractivity contribution >= 4 is 23.4 Å². The van der Waals surface area contributed by atoms with Gasteiger partial charge >= 0.3 is 0 Å². The number of aromatic nitrogens is 3. The fourth-order valence-corrected chi connectivity index (χ4v) is 4.63. The minimum atomic E-state index is -0.417. The summed E-state index contributed by atoms with van der Waals surface area (Å²) >= 11 is 1.42. The van der Waals surface area contributed by atoms with Gasteiger partial charge in [0.1, 0.15) is 16.8 Å². The van der Waals surface area contributed by atoms with Crippen molar-refractivity contribution in [1.29, 1.82) is 0 Å². The summed E-state index contributed by atoms with van der Waals surface area (Å²) in [5, 5.41) is 11.7. The average Bonchev–Trinajstić information content (AvgIpc) is 3.10. The standard InChI is InChI=1S/C22H25N5O2S/c1-5-29-17-9-7-16(8-10-17)19-20(30-22-25-24-15(4)27(22)26-19)21(28)23-18-11-6-13(2)12-14(18)3/h6-12,19-20,26H,5H2,1-4H3,(H,23,28). The van der Waals surface area contributed by atoms with Crippen LogP contribution in [0.1, 0.15) is 35.5 Å². The van der Waals surface area contributed by atoms with Crippen LogP contribution in [0, 0.1) is 20.8 Å². The van der Waals surface area contributed by atoms with Gasteiger partial charge in [0.2, 0.25) is 11.1 Å². The molecule has 2 aromatic carbocycles. The van der Waals surface area contributed by atoms with Gasteiger partial charge in [-0.05, 0) is 57.0 Å². The summed E-state index contributed by atoms with van der Waals surface area (Å²) in [4.78, 5) is 13.3. The maximum absolute atomic E-state index is 13.3. The van der Waals surface area contributed by atoms with E-state index < -0.39 is 5.25 Å². The number of anilines is 1. The zero-order chi connectivity index (χ0) is 21.3. The molecule has 0 fully saturated rings. The Kier molecular flexibility index (Phi) is 5.67. The van der Waals surface area contributed by atoms with Gasteiger partial charge in [0.15, 0.2) is 0 Å². The highest BCUT2D eigenvalue weighted by molar-refractivity contribution is 8.00. The molecule has 1 aromatic heterocycles. The van der Waals surface area contributed by atoms with E-state index in [1.54, 1.807) is 0 Å². The number of benzene rings is 2. The number of hydrogen-bond acceptors (Lipinski definition) is 6. The quantitative estimate of drug-likeness (QED) is 0.646. The van der Waals surface area contributed by atoms with Crippen LogP contribution in [-0.2, 0) is 4.79 Å². The Labute approximate surface area is 180 Å². The normalized spacial score (nSPS) is 17.7. The summed E-state index contributed by atoms with van der Waals surface area (Å²) in [6, 6.07) is 13.6. The first-order valence-corrected chi connectivity index (χ1v) is 10.8. The molecule has 0 radical (unpaired) electrons. The Balaban J connectivity index is 1.64. The maximum Gasteiger partial charge on any atom is 0.240 e. The number of carbonyl (C=O) groups is 1. The van der Waals surface area contributed by atoms with Crippen LogP contribution >= 0.6 is 11.8 Å². The van der Waals surface area contributed by atoms with E-state index in [4.69, 9.17) is 4.74 Å². The predicted octanol–water partition coefficient (Wildman–Crippen LogP) is 4.00. The fourth-order valence-electron chi connectivity index (χ4n) is 3.51. The van der Waals surface area contributed by atoms with E-state index >= 15 is 0 Å². The van der Waals surface area contributed by atoms with Gasteiger partial charge in [-0.3, -0.25) is 4.79 Å². The molecule has 7 nitrogen and oxygen atoms in total. The monoisotopic (exact) mass is 423 g/mol. The molecule has 1 aliphatic heterocycles. The lowest BCUT2D eigenvalue weighted by molar-refractivity contribution is -0.116. The van der Waals surface area contributed by atoms with Gasteiger partial charge in [-0.1, -0.05) is 41.6 Å². The maximum atomic E-state index is 13.3. The lowest BCUT2D eigenvalue weighted by atomic mass is 10.0. The number of aryl methyl sites for hydroxylation is 3. The molecule has 4 rings (SSSR count). The molecule has 0 aliphatic carbocycles. The van der Waals surface area contributed by atoms with Crippen molar-refractivity contribution in [2.24, 2.45) is 0 Å². The third-order valence-electron chi connectivity index (χ3n) is 5.05. The fraction of sp³-hybridized carbons (Fsp3) is 0.318. The SMILES string of the molecule is CCOc1ccc(C2Nn3c(C)nnc3SC2C(=O)Nc2ccc(C)cc2C)cc1. The number of fused-ring (bicyclic) bond motifs is 1. The van der Waals surface area contributed by atoms with Crippen molar-refractivity contribution in [3.05, 3.63) is 65.0 Å². The van der Waals surface area contributed by atoms with Gasteiger partial charge in [-0.2, -0.15) is 0 Å². The van der Waals surface area contributed by atoms with Crippen molar-refractivity contribution < 1.29 is 9.53 Å². The summed E-state index contributed by atoms with van der Waals surface area (Å²) in [7, 11) is 0. The van der Waals surface area contributed by atoms with Crippen molar-refractivity contribution in [2.75, 3.05) is 17.3 Å².